The van der Waals surface area contributed by atoms with Crippen molar-refractivity contribution in [1.82, 2.24) is 9.55 Å². The Balaban J connectivity index is 2.26. The summed E-state index contributed by atoms with van der Waals surface area (Å²) in [6.07, 6.45) is 1.75. The summed E-state index contributed by atoms with van der Waals surface area (Å²) in [5.74, 6) is 0. The average Bonchev–Trinajstić information content (AvgIpc) is 2.83. The molecule has 0 saturated carbocycles. The normalized spacial score (nSPS) is 11.3. The van der Waals surface area contributed by atoms with Gasteiger partial charge in [0.15, 0.2) is 0 Å². The highest BCUT2D eigenvalue weighted by molar-refractivity contribution is 9.10. The summed E-state index contributed by atoms with van der Waals surface area (Å²) in [7, 11) is 0. The molecule has 4 rings (SSSR count). The largest absolute Gasteiger partial charge is 0.294 e. The summed E-state index contributed by atoms with van der Waals surface area (Å²) in [6.45, 7) is 0. The molecule has 4 aromatic rings. The van der Waals surface area contributed by atoms with Gasteiger partial charge in [-0.05, 0) is 36.4 Å². The molecule has 0 unspecified atom stereocenters. The van der Waals surface area contributed by atoms with E-state index in [0.29, 0.717) is 0 Å². The molecule has 0 spiro atoms. The standard InChI is InChI=1S/C17H10BrClN2/c18-11-6-7-15-13(10-11)16-14(19)8-9-20-17(16)21(15)12-4-2-1-3-5-12/h1-10H. The molecule has 0 aliphatic heterocycles. The molecule has 0 amide bonds. The van der Waals surface area contributed by atoms with E-state index in [1.165, 1.54) is 0 Å². The number of hydrogen-bond acceptors (Lipinski definition) is 1. The Morgan fingerprint density at radius 2 is 1.81 bits per heavy atom. The Kier molecular flexibility index (Phi) is 2.98. The van der Waals surface area contributed by atoms with Crippen molar-refractivity contribution in [2.75, 3.05) is 0 Å². The summed E-state index contributed by atoms with van der Waals surface area (Å²) in [5.41, 5.74) is 3.05. The molecular weight excluding hydrogens is 348 g/mol. The zero-order valence-corrected chi connectivity index (χ0v) is 13.3. The molecule has 0 aliphatic carbocycles. The van der Waals surface area contributed by atoms with Crippen molar-refractivity contribution in [1.29, 1.82) is 0 Å². The van der Waals surface area contributed by atoms with Crippen molar-refractivity contribution in [2.24, 2.45) is 0 Å². The molecule has 102 valence electrons. The molecule has 0 saturated heterocycles. The van der Waals surface area contributed by atoms with Crippen LogP contribution in [0, 0.1) is 0 Å². The number of pyridine rings is 1. The molecule has 0 bridgehead atoms. The first kappa shape index (κ1) is 12.9. The van der Waals surface area contributed by atoms with Crippen LogP contribution in [0.15, 0.2) is 65.3 Å². The third kappa shape index (κ3) is 1.96. The molecular formula is C17H10BrClN2. The predicted molar refractivity (Wildman–Crippen MR) is 91.3 cm³/mol. The summed E-state index contributed by atoms with van der Waals surface area (Å²) in [6, 6.07) is 18.2. The van der Waals surface area contributed by atoms with E-state index >= 15 is 0 Å². The second-order valence-electron chi connectivity index (χ2n) is 4.82. The van der Waals surface area contributed by atoms with Gasteiger partial charge in [0, 0.05) is 27.1 Å². The van der Waals surface area contributed by atoms with Crippen molar-refractivity contribution < 1.29 is 0 Å². The zero-order valence-electron chi connectivity index (χ0n) is 10.9. The molecule has 0 aliphatic rings. The van der Waals surface area contributed by atoms with E-state index in [4.69, 9.17) is 11.6 Å². The number of hydrogen-bond donors (Lipinski definition) is 0. The van der Waals surface area contributed by atoms with E-state index in [0.717, 1.165) is 37.1 Å². The van der Waals surface area contributed by atoms with E-state index in [2.05, 4.69) is 49.7 Å². The monoisotopic (exact) mass is 356 g/mol. The van der Waals surface area contributed by atoms with Crippen molar-refractivity contribution in [3.63, 3.8) is 0 Å². The number of nitrogens with zero attached hydrogens (tertiary/aromatic N) is 2. The van der Waals surface area contributed by atoms with E-state index in [1.807, 2.05) is 30.3 Å². The van der Waals surface area contributed by atoms with Crippen molar-refractivity contribution in [3.8, 4) is 5.69 Å². The van der Waals surface area contributed by atoms with Gasteiger partial charge in [-0.15, -0.1) is 0 Å². The van der Waals surface area contributed by atoms with Crippen LogP contribution < -0.4 is 0 Å². The van der Waals surface area contributed by atoms with Crippen LogP contribution in [0.25, 0.3) is 27.6 Å². The van der Waals surface area contributed by atoms with Crippen LogP contribution in [0.5, 0.6) is 0 Å². The fourth-order valence-electron chi connectivity index (χ4n) is 2.70. The van der Waals surface area contributed by atoms with Gasteiger partial charge < -0.3 is 0 Å². The molecule has 0 N–H and O–H groups in total. The van der Waals surface area contributed by atoms with Gasteiger partial charge in [-0.1, -0.05) is 45.7 Å². The van der Waals surface area contributed by atoms with Crippen molar-refractivity contribution in [3.05, 3.63) is 70.3 Å². The summed E-state index contributed by atoms with van der Waals surface area (Å²) in [4.78, 5) is 4.55. The number of fused-ring (bicyclic) bond motifs is 3. The first-order valence-electron chi connectivity index (χ1n) is 6.55. The predicted octanol–water partition coefficient (Wildman–Crippen LogP) is 5.59. The van der Waals surface area contributed by atoms with Crippen molar-refractivity contribution in [2.45, 2.75) is 0 Å². The molecule has 2 aromatic carbocycles. The summed E-state index contributed by atoms with van der Waals surface area (Å²) in [5, 5.41) is 2.80. The fourth-order valence-corrected chi connectivity index (χ4v) is 3.31. The van der Waals surface area contributed by atoms with Gasteiger partial charge in [-0.25, -0.2) is 4.98 Å². The maximum Gasteiger partial charge on any atom is 0.147 e. The van der Waals surface area contributed by atoms with Gasteiger partial charge in [0.05, 0.1) is 10.5 Å². The van der Waals surface area contributed by atoms with Crippen LogP contribution in [-0.2, 0) is 0 Å². The molecule has 0 atom stereocenters. The zero-order chi connectivity index (χ0) is 14.4. The van der Waals surface area contributed by atoms with Crippen LogP contribution >= 0.6 is 27.5 Å². The molecule has 0 radical (unpaired) electrons. The van der Waals surface area contributed by atoms with Crippen LogP contribution in [0.2, 0.25) is 5.02 Å². The highest BCUT2D eigenvalue weighted by Crippen LogP contribution is 2.36. The SMILES string of the molecule is Clc1ccnc2c1c1cc(Br)ccc1n2-c1ccccc1. The minimum atomic E-state index is 0.720. The smallest absolute Gasteiger partial charge is 0.147 e. The lowest BCUT2D eigenvalue weighted by atomic mass is 10.2. The lowest BCUT2D eigenvalue weighted by molar-refractivity contribution is 1.14. The van der Waals surface area contributed by atoms with Gasteiger partial charge >= 0.3 is 0 Å². The van der Waals surface area contributed by atoms with E-state index < -0.39 is 0 Å². The lowest BCUT2D eigenvalue weighted by Crippen LogP contribution is -1.94. The number of para-hydroxylation sites is 1. The van der Waals surface area contributed by atoms with Crippen molar-refractivity contribution >= 4 is 49.5 Å². The van der Waals surface area contributed by atoms with Gasteiger partial charge in [-0.3, -0.25) is 4.57 Å². The summed E-state index contributed by atoms with van der Waals surface area (Å²) >= 11 is 9.96. The van der Waals surface area contributed by atoms with Gasteiger partial charge in [0.2, 0.25) is 0 Å². The first-order chi connectivity index (χ1) is 10.3. The molecule has 21 heavy (non-hydrogen) atoms. The minimum Gasteiger partial charge on any atom is -0.294 e. The highest BCUT2D eigenvalue weighted by Gasteiger charge is 2.15. The third-order valence-corrected chi connectivity index (χ3v) is 4.38. The molecule has 2 aromatic heterocycles. The number of aromatic nitrogens is 2. The van der Waals surface area contributed by atoms with Crippen LogP contribution in [-0.4, -0.2) is 9.55 Å². The van der Waals surface area contributed by atoms with Gasteiger partial charge in [-0.2, -0.15) is 0 Å². The second kappa shape index (κ2) is 4.86. The number of rotatable bonds is 1. The topological polar surface area (TPSA) is 17.8 Å². The number of benzene rings is 2. The maximum absolute atomic E-state index is 6.42. The van der Waals surface area contributed by atoms with Crippen LogP contribution in [0.1, 0.15) is 0 Å². The average molecular weight is 358 g/mol. The fraction of sp³-hybridized carbons (Fsp3) is 0. The number of halogens is 2. The Labute approximate surface area is 135 Å². The van der Waals surface area contributed by atoms with Gasteiger partial charge in [0.1, 0.15) is 5.65 Å². The Morgan fingerprint density at radius 3 is 2.62 bits per heavy atom. The van der Waals surface area contributed by atoms with Crippen LogP contribution in [0.3, 0.4) is 0 Å². The quantitative estimate of drug-likeness (QED) is 0.434. The molecule has 4 heteroatoms. The van der Waals surface area contributed by atoms with E-state index in [9.17, 15) is 0 Å². The van der Waals surface area contributed by atoms with Crippen LogP contribution in [0.4, 0.5) is 0 Å². The lowest BCUT2D eigenvalue weighted by Gasteiger charge is -2.06. The molecule has 0 fully saturated rings. The highest BCUT2D eigenvalue weighted by atomic mass is 79.9. The Bertz CT molecular complexity index is 961. The van der Waals surface area contributed by atoms with E-state index in [-0.39, 0.29) is 0 Å². The molecule has 2 nitrogen and oxygen atoms in total. The Hall–Kier alpha value is -1.84. The maximum atomic E-state index is 6.42. The first-order valence-corrected chi connectivity index (χ1v) is 7.72. The van der Waals surface area contributed by atoms with Gasteiger partial charge in [0.25, 0.3) is 0 Å². The molecule has 2 heterocycles. The second-order valence-corrected chi connectivity index (χ2v) is 6.15. The third-order valence-electron chi connectivity index (χ3n) is 3.58. The minimum absolute atomic E-state index is 0.720. The summed E-state index contributed by atoms with van der Waals surface area (Å²) < 4.78 is 3.17. The Morgan fingerprint density at radius 1 is 1.00 bits per heavy atom. The van der Waals surface area contributed by atoms with E-state index in [1.54, 1.807) is 6.20 Å².